The smallest absolute Gasteiger partial charge is 0.246 e. The fourth-order valence-corrected chi connectivity index (χ4v) is 11.4. The highest BCUT2D eigenvalue weighted by molar-refractivity contribution is 5.96. The molecule has 3 heterocycles. The van der Waals surface area contributed by atoms with Crippen LogP contribution in [-0.2, 0) is 19.2 Å². The lowest BCUT2D eigenvalue weighted by atomic mass is 9.73. The van der Waals surface area contributed by atoms with Crippen LogP contribution in [0.1, 0.15) is 133 Å². The maximum atomic E-state index is 15.2. The molecule has 3 saturated heterocycles. The Hall–Kier alpha value is -2.92. The Labute approximate surface area is 331 Å². The molecule has 6 rings (SSSR count). The second kappa shape index (κ2) is 14.5. The van der Waals surface area contributed by atoms with Crippen molar-refractivity contribution in [3.05, 3.63) is 24.9 Å². The number of nitrogens with one attached hydrogen (secondary N) is 4. The number of amides is 4. The number of rotatable bonds is 12. The number of carbonyl (C=O) groups excluding carboxylic acids is 4. The quantitative estimate of drug-likeness (QED) is 0.200. The summed E-state index contributed by atoms with van der Waals surface area (Å²) in [5, 5.41) is 11.9. The minimum absolute atomic E-state index is 0.0152. The van der Waals surface area contributed by atoms with E-state index in [0.717, 1.165) is 70.3 Å². The average molecular weight is 764 g/mol. The van der Waals surface area contributed by atoms with Gasteiger partial charge in [0, 0.05) is 42.7 Å². The molecule has 4 N–H and O–H groups in total. The molecule has 0 aromatic heterocycles. The summed E-state index contributed by atoms with van der Waals surface area (Å²) >= 11 is 0. The molecule has 55 heavy (non-hydrogen) atoms. The molecule has 4 amide bonds. The van der Waals surface area contributed by atoms with E-state index >= 15 is 4.79 Å². The summed E-state index contributed by atoms with van der Waals surface area (Å²) in [5.41, 5.74) is 2.20. The maximum Gasteiger partial charge on any atom is 0.246 e. The van der Waals surface area contributed by atoms with E-state index in [0.29, 0.717) is 19.4 Å². The summed E-state index contributed by atoms with van der Waals surface area (Å²) in [6.45, 7) is 32.2. The molecule has 11 heteroatoms. The zero-order valence-electron chi connectivity index (χ0n) is 35.8. The summed E-state index contributed by atoms with van der Waals surface area (Å²) in [6, 6.07) is -2.57. The molecule has 0 bridgehead atoms. The first-order chi connectivity index (χ1) is 25.6. The van der Waals surface area contributed by atoms with Crippen LogP contribution < -0.4 is 21.4 Å². The second-order valence-electron chi connectivity index (χ2n) is 21.1. The number of carbonyl (C=O) groups is 4. The molecular weight excluding hydrogens is 691 g/mol. The highest BCUT2D eigenvalue weighted by Crippen LogP contribution is 2.88. The summed E-state index contributed by atoms with van der Waals surface area (Å²) in [4.78, 5) is 62.4. The van der Waals surface area contributed by atoms with E-state index in [1.807, 2.05) is 52.5 Å². The van der Waals surface area contributed by atoms with Crippen molar-refractivity contribution in [1.82, 2.24) is 36.2 Å². The monoisotopic (exact) mass is 764 g/mol. The highest BCUT2D eigenvalue weighted by Gasteiger charge is 2.85. The van der Waals surface area contributed by atoms with E-state index in [1.165, 1.54) is 6.42 Å². The van der Waals surface area contributed by atoms with Crippen LogP contribution in [0, 0.1) is 33.0 Å². The van der Waals surface area contributed by atoms with Crippen LogP contribution in [0.2, 0.25) is 0 Å². The summed E-state index contributed by atoms with van der Waals surface area (Å²) in [5.74, 6) is -0.896. The van der Waals surface area contributed by atoms with E-state index in [-0.39, 0.29) is 57.9 Å². The van der Waals surface area contributed by atoms with E-state index in [2.05, 4.69) is 72.1 Å². The van der Waals surface area contributed by atoms with Crippen LogP contribution in [0.15, 0.2) is 24.9 Å². The molecule has 11 nitrogen and oxygen atoms in total. The van der Waals surface area contributed by atoms with E-state index in [9.17, 15) is 14.4 Å². The lowest BCUT2D eigenvalue weighted by molar-refractivity contribution is -0.145. The predicted molar refractivity (Wildman–Crippen MR) is 217 cm³/mol. The molecule has 0 radical (unpaired) electrons. The van der Waals surface area contributed by atoms with Crippen LogP contribution in [0.5, 0.6) is 0 Å². The van der Waals surface area contributed by atoms with E-state index in [4.69, 9.17) is 0 Å². The molecule has 7 atom stereocenters. The number of hydrazine groups is 1. The third-order valence-corrected chi connectivity index (χ3v) is 15.3. The van der Waals surface area contributed by atoms with Gasteiger partial charge in [0.05, 0.1) is 11.6 Å². The van der Waals surface area contributed by atoms with Crippen LogP contribution >= 0.6 is 0 Å². The molecule has 3 saturated carbocycles. The number of hydrogen-bond acceptors (Lipinski definition) is 7. The average Bonchev–Trinajstić information content (AvgIpc) is 3.57. The maximum absolute atomic E-state index is 15.2. The molecule has 2 unspecified atom stereocenters. The van der Waals surface area contributed by atoms with Gasteiger partial charge in [-0.3, -0.25) is 24.1 Å². The van der Waals surface area contributed by atoms with Crippen molar-refractivity contribution in [2.24, 2.45) is 33.0 Å². The van der Waals surface area contributed by atoms with Gasteiger partial charge in [-0.1, -0.05) is 80.9 Å². The first-order valence-corrected chi connectivity index (χ1v) is 21.4. The lowest BCUT2D eigenvalue weighted by Gasteiger charge is -2.40. The lowest BCUT2D eigenvalue weighted by Crippen LogP contribution is -2.64. The molecule has 3 aliphatic carbocycles. The van der Waals surface area contributed by atoms with Crippen molar-refractivity contribution < 1.29 is 19.2 Å². The molecule has 0 aromatic carbocycles. The Morgan fingerprint density at radius 2 is 1.40 bits per heavy atom. The zero-order valence-corrected chi connectivity index (χ0v) is 35.8. The highest BCUT2D eigenvalue weighted by atomic mass is 16.2. The fraction of sp³-hybridized carbons (Fsp3) is 0.818. The Balaban J connectivity index is 1.26. The van der Waals surface area contributed by atoms with Crippen LogP contribution in [0.25, 0.3) is 0 Å². The van der Waals surface area contributed by atoms with Gasteiger partial charge in [0.15, 0.2) is 0 Å². The third-order valence-electron chi connectivity index (χ3n) is 15.3. The van der Waals surface area contributed by atoms with Crippen molar-refractivity contribution in [1.29, 1.82) is 0 Å². The Morgan fingerprint density at radius 1 is 0.782 bits per heavy atom. The predicted octanol–water partition coefficient (Wildman–Crippen LogP) is 5.28. The van der Waals surface area contributed by atoms with E-state index < -0.39 is 34.5 Å². The first kappa shape index (κ1) is 41.7. The van der Waals surface area contributed by atoms with Gasteiger partial charge in [-0.05, 0) is 93.4 Å². The normalized spacial score (nSPS) is 32.4. The molecule has 3 aliphatic heterocycles. The largest absolute Gasteiger partial charge is 0.343 e. The molecule has 2 spiro atoms. The van der Waals surface area contributed by atoms with Crippen LogP contribution in [0.4, 0.5) is 0 Å². The summed E-state index contributed by atoms with van der Waals surface area (Å²) in [6.07, 6.45) is 11.6. The fourth-order valence-electron chi connectivity index (χ4n) is 11.4. The van der Waals surface area contributed by atoms with Gasteiger partial charge in [0.2, 0.25) is 23.6 Å². The van der Waals surface area contributed by atoms with Crippen molar-refractivity contribution in [3.63, 3.8) is 0 Å². The molecule has 308 valence electrons. The van der Waals surface area contributed by atoms with Gasteiger partial charge in [-0.15, -0.1) is 6.58 Å². The van der Waals surface area contributed by atoms with E-state index in [1.54, 1.807) is 0 Å². The molecular formula is C44H73N7O4. The van der Waals surface area contributed by atoms with Gasteiger partial charge < -0.3 is 26.3 Å². The molecule has 6 aliphatic rings. The Morgan fingerprint density at radius 3 is 1.91 bits per heavy atom. The van der Waals surface area contributed by atoms with Gasteiger partial charge in [-0.25, -0.2) is 5.01 Å². The molecule has 6 fully saturated rings. The van der Waals surface area contributed by atoms with Crippen LogP contribution in [0.3, 0.4) is 0 Å². The van der Waals surface area contributed by atoms with Gasteiger partial charge in [0.1, 0.15) is 18.1 Å². The van der Waals surface area contributed by atoms with Gasteiger partial charge >= 0.3 is 0 Å². The number of piperidine rings is 1. The van der Waals surface area contributed by atoms with Gasteiger partial charge in [-0.2, -0.15) is 0 Å². The number of hydrogen-bond donors (Lipinski definition) is 4. The second-order valence-corrected chi connectivity index (χ2v) is 21.1. The zero-order chi connectivity index (χ0) is 40.5. The topological polar surface area (TPSA) is 126 Å². The Bertz CT molecular complexity index is 1550. The number of likely N-dealkylation sites (tertiary alicyclic amines) is 2. The van der Waals surface area contributed by atoms with Gasteiger partial charge in [0.25, 0.3) is 0 Å². The van der Waals surface area contributed by atoms with Crippen LogP contribution in [-0.4, -0.2) is 100 Å². The number of nitrogens with zero attached hydrogens (tertiary/aromatic N) is 3. The number of fused-ring (bicyclic) bond motifs is 1. The minimum atomic E-state index is -0.921. The van der Waals surface area contributed by atoms with Crippen molar-refractivity contribution in [2.45, 2.75) is 169 Å². The minimum Gasteiger partial charge on any atom is -0.343 e. The summed E-state index contributed by atoms with van der Waals surface area (Å²) < 4.78 is 0. The molecule has 0 aromatic rings. The standard InChI is InChI=1S/C44H73N7O4/c1-13-30-25-44(30,29(4)48-49-22-16-17-23-49)47-36(53)32-26-43(41(11,12)42(43)20-18-21-42)27-51(32)38(55)34(40(8,9)10)46-37(54)33(39(5,6)7)45-35(52)31-19-14-15-24-50(31)28(2)3/h13,28,30-34,48H,1,4,14-27H2,2-3,5-12H3,(H,45,52)(H,46,54)(H,47,53)/t30-,31+,32?,33?,34-,43-,44+/m1/s1. The summed E-state index contributed by atoms with van der Waals surface area (Å²) in [7, 11) is 0. The SMILES string of the molecule is C=C[C@@H]1C[C@]1(NC(=O)C1C[C@@]2(CN1C(=O)[C@@H](NC(=O)C(NC(=O)[C@@H]1CCCCN1C(C)C)C(C)(C)C)C(C)(C)C)C(C)(C)C21CCC1)C(=C)NN1CCCC1. The van der Waals surface area contributed by atoms with Crippen molar-refractivity contribution in [3.8, 4) is 0 Å². The van der Waals surface area contributed by atoms with Crippen molar-refractivity contribution >= 4 is 23.6 Å². The Kier molecular flexibility index (Phi) is 11.0. The van der Waals surface area contributed by atoms with Crippen molar-refractivity contribution in [2.75, 3.05) is 26.2 Å². The third kappa shape index (κ3) is 7.05. The first-order valence-electron chi connectivity index (χ1n) is 21.4.